The largest absolute Gasteiger partial charge is 0.496 e. The highest BCUT2D eigenvalue weighted by atomic mass is 32.2. The van der Waals surface area contributed by atoms with Crippen molar-refractivity contribution in [3.8, 4) is 17.9 Å². The van der Waals surface area contributed by atoms with E-state index < -0.39 is 5.92 Å². The van der Waals surface area contributed by atoms with Gasteiger partial charge in [0.05, 0.1) is 46.4 Å². The summed E-state index contributed by atoms with van der Waals surface area (Å²) < 4.78 is 5.30. The quantitative estimate of drug-likeness (QED) is 0.858. The van der Waals surface area contributed by atoms with Crippen LogP contribution in [0.3, 0.4) is 0 Å². The molecule has 1 aromatic rings. The zero-order valence-corrected chi connectivity index (χ0v) is 11.6. The number of benzene rings is 1. The minimum absolute atomic E-state index is 0.319. The van der Waals surface area contributed by atoms with E-state index in [1.54, 1.807) is 12.1 Å². The van der Waals surface area contributed by atoms with Gasteiger partial charge < -0.3 is 16.2 Å². The van der Waals surface area contributed by atoms with Crippen LogP contribution in [0.1, 0.15) is 11.5 Å². The molecule has 0 aliphatic carbocycles. The summed E-state index contributed by atoms with van der Waals surface area (Å²) in [5.41, 5.74) is 13.1. The van der Waals surface area contributed by atoms with Crippen molar-refractivity contribution in [1.82, 2.24) is 0 Å². The third-order valence-electron chi connectivity index (χ3n) is 3.02. The zero-order chi connectivity index (χ0) is 14.7. The predicted molar refractivity (Wildman–Crippen MR) is 77.0 cm³/mol. The maximum Gasteiger partial charge on any atom is 0.123 e. The molecule has 1 heterocycles. The van der Waals surface area contributed by atoms with Crippen LogP contribution in [0.2, 0.25) is 0 Å². The highest BCUT2D eigenvalue weighted by molar-refractivity contribution is 8.06. The first kappa shape index (κ1) is 13.9. The van der Waals surface area contributed by atoms with Crippen molar-refractivity contribution >= 4 is 11.8 Å². The molecular weight excluding hydrogens is 272 g/mol. The predicted octanol–water partition coefficient (Wildman–Crippen LogP) is 1.91. The number of nitriles is 2. The second-order valence-corrected chi connectivity index (χ2v) is 5.14. The molecule has 20 heavy (non-hydrogen) atoms. The molecule has 0 spiro atoms. The van der Waals surface area contributed by atoms with E-state index in [1.807, 2.05) is 12.1 Å². The number of thioether (sulfide) groups is 1. The second-order valence-electron chi connectivity index (χ2n) is 4.06. The fourth-order valence-corrected chi connectivity index (χ4v) is 2.90. The van der Waals surface area contributed by atoms with Crippen LogP contribution >= 0.6 is 11.8 Å². The first-order chi connectivity index (χ1) is 9.63. The molecule has 0 amide bonds. The Kier molecular flexibility index (Phi) is 3.88. The maximum absolute atomic E-state index is 9.34. The SMILES string of the molecule is COc1ccccc1C1C(C#N)=C(N)SC(N)=C1C#N. The van der Waals surface area contributed by atoms with Crippen LogP contribution in [-0.4, -0.2) is 7.11 Å². The number of hydrogen-bond acceptors (Lipinski definition) is 6. The van der Waals surface area contributed by atoms with Crippen molar-refractivity contribution in [2.45, 2.75) is 5.92 Å². The molecule has 1 aliphatic rings. The summed E-state index contributed by atoms with van der Waals surface area (Å²) >= 11 is 1.05. The Morgan fingerprint density at radius 1 is 1.10 bits per heavy atom. The molecule has 2 rings (SSSR count). The Morgan fingerprint density at radius 3 is 2.15 bits per heavy atom. The average Bonchev–Trinajstić information content (AvgIpc) is 2.46. The third kappa shape index (κ3) is 2.18. The minimum Gasteiger partial charge on any atom is -0.496 e. The summed E-state index contributed by atoms with van der Waals surface area (Å²) in [6.07, 6.45) is 0. The fourth-order valence-electron chi connectivity index (χ4n) is 2.11. The molecule has 0 atom stereocenters. The van der Waals surface area contributed by atoms with E-state index in [2.05, 4.69) is 12.1 Å². The van der Waals surface area contributed by atoms with Gasteiger partial charge in [0, 0.05) is 5.56 Å². The molecule has 0 unspecified atom stereocenters. The van der Waals surface area contributed by atoms with E-state index in [9.17, 15) is 10.5 Å². The van der Waals surface area contributed by atoms with Crippen molar-refractivity contribution in [3.63, 3.8) is 0 Å². The van der Waals surface area contributed by atoms with Crippen molar-refractivity contribution in [2.24, 2.45) is 11.5 Å². The molecule has 0 radical (unpaired) electrons. The zero-order valence-electron chi connectivity index (χ0n) is 10.8. The van der Waals surface area contributed by atoms with Gasteiger partial charge in [-0.05, 0) is 6.07 Å². The lowest BCUT2D eigenvalue weighted by atomic mass is 9.85. The van der Waals surface area contributed by atoms with Crippen LogP contribution in [0, 0.1) is 22.7 Å². The number of allylic oxidation sites excluding steroid dienone is 2. The van der Waals surface area contributed by atoms with Gasteiger partial charge in [0.1, 0.15) is 5.75 Å². The number of rotatable bonds is 2. The average molecular weight is 284 g/mol. The first-order valence-corrected chi connectivity index (χ1v) is 6.56. The van der Waals surface area contributed by atoms with Gasteiger partial charge >= 0.3 is 0 Å². The number of para-hydroxylation sites is 1. The third-order valence-corrected chi connectivity index (χ3v) is 3.90. The Morgan fingerprint density at radius 2 is 1.65 bits per heavy atom. The molecular formula is C14H12N4OS. The first-order valence-electron chi connectivity index (χ1n) is 5.74. The van der Waals surface area contributed by atoms with E-state index in [0.717, 1.165) is 11.8 Å². The highest BCUT2D eigenvalue weighted by Crippen LogP contribution is 2.45. The Bertz CT molecular complexity index is 658. The summed E-state index contributed by atoms with van der Waals surface area (Å²) in [4.78, 5) is 0. The summed E-state index contributed by atoms with van der Waals surface area (Å²) in [7, 11) is 1.54. The van der Waals surface area contributed by atoms with Crippen molar-refractivity contribution in [2.75, 3.05) is 7.11 Å². The van der Waals surface area contributed by atoms with Gasteiger partial charge in [-0.2, -0.15) is 10.5 Å². The second kappa shape index (κ2) is 5.60. The Balaban J connectivity index is 2.69. The van der Waals surface area contributed by atoms with E-state index in [4.69, 9.17) is 16.2 Å². The highest BCUT2D eigenvalue weighted by Gasteiger charge is 2.32. The maximum atomic E-state index is 9.34. The molecule has 0 saturated heterocycles. The van der Waals surface area contributed by atoms with E-state index in [1.165, 1.54) is 7.11 Å². The summed E-state index contributed by atoms with van der Waals surface area (Å²) in [5.74, 6) is 0.00731. The number of nitrogens with two attached hydrogens (primary N) is 2. The van der Waals surface area contributed by atoms with Crippen molar-refractivity contribution < 1.29 is 4.74 Å². The molecule has 4 N–H and O–H groups in total. The normalized spacial score (nSPS) is 15.8. The van der Waals surface area contributed by atoms with Gasteiger partial charge in [-0.15, -0.1) is 0 Å². The topological polar surface area (TPSA) is 109 Å². The van der Waals surface area contributed by atoms with Crippen LogP contribution in [-0.2, 0) is 0 Å². The lowest BCUT2D eigenvalue weighted by molar-refractivity contribution is 0.409. The molecule has 100 valence electrons. The number of ether oxygens (including phenoxy) is 1. The van der Waals surface area contributed by atoms with Crippen LogP contribution < -0.4 is 16.2 Å². The molecule has 0 saturated carbocycles. The number of hydrogen-bond donors (Lipinski definition) is 2. The fraction of sp³-hybridized carbons (Fsp3) is 0.143. The molecule has 0 fully saturated rings. The molecule has 5 nitrogen and oxygen atoms in total. The number of methoxy groups -OCH3 is 1. The Labute approximate surface area is 121 Å². The lowest BCUT2D eigenvalue weighted by Crippen LogP contribution is -2.18. The lowest BCUT2D eigenvalue weighted by Gasteiger charge is -2.24. The smallest absolute Gasteiger partial charge is 0.123 e. The van der Waals surface area contributed by atoms with Gasteiger partial charge in [-0.3, -0.25) is 0 Å². The molecule has 0 bridgehead atoms. The van der Waals surface area contributed by atoms with E-state index in [0.29, 0.717) is 32.5 Å². The van der Waals surface area contributed by atoms with Crippen molar-refractivity contribution in [1.29, 1.82) is 10.5 Å². The van der Waals surface area contributed by atoms with Crippen LogP contribution in [0.25, 0.3) is 0 Å². The molecule has 1 aromatic carbocycles. The van der Waals surface area contributed by atoms with Crippen LogP contribution in [0.4, 0.5) is 0 Å². The van der Waals surface area contributed by atoms with Crippen LogP contribution in [0.5, 0.6) is 5.75 Å². The Hall–Kier alpha value is -2.57. The van der Waals surface area contributed by atoms with Gasteiger partial charge in [0.15, 0.2) is 0 Å². The monoisotopic (exact) mass is 284 g/mol. The molecule has 0 aromatic heterocycles. The standard InChI is InChI=1S/C14H12N4OS/c1-19-11-5-3-2-4-8(11)12-9(6-15)13(17)20-14(18)10(12)7-16/h2-5,12H,17-18H2,1H3. The van der Waals surface area contributed by atoms with Crippen molar-refractivity contribution in [3.05, 3.63) is 51.0 Å². The molecule has 1 aliphatic heterocycles. The van der Waals surface area contributed by atoms with Gasteiger partial charge in [-0.1, -0.05) is 30.0 Å². The minimum atomic E-state index is -0.581. The van der Waals surface area contributed by atoms with Gasteiger partial charge in [0.2, 0.25) is 0 Å². The van der Waals surface area contributed by atoms with E-state index in [-0.39, 0.29) is 0 Å². The summed E-state index contributed by atoms with van der Waals surface area (Å²) in [6.45, 7) is 0. The van der Waals surface area contributed by atoms with Gasteiger partial charge in [-0.25, -0.2) is 0 Å². The van der Waals surface area contributed by atoms with E-state index >= 15 is 0 Å². The number of nitrogens with zero attached hydrogens (tertiary/aromatic N) is 2. The molecule has 6 heteroatoms. The van der Waals surface area contributed by atoms with Gasteiger partial charge in [0.25, 0.3) is 0 Å². The summed E-state index contributed by atoms with van der Waals surface area (Å²) in [6, 6.07) is 11.4. The van der Waals surface area contributed by atoms with Crippen LogP contribution in [0.15, 0.2) is 45.5 Å². The summed E-state index contributed by atoms with van der Waals surface area (Å²) in [5, 5.41) is 19.3.